The summed E-state index contributed by atoms with van der Waals surface area (Å²) < 4.78 is 10.2. The fraction of sp³-hybridized carbons (Fsp3) is 0.241. The van der Waals surface area contributed by atoms with Gasteiger partial charge < -0.3 is 9.47 Å². The number of rotatable bonds is 6. The van der Waals surface area contributed by atoms with E-state index in [4.69, 9.17) is 9.47 Å². The van der Waals surface area contributed by atoms with E-state index in [0.29, 0.717) is 11.3 Å². The third-order valence-corrected chi connectivity index (χ3v) is 7.60. The fourth-order valence-electron chi connectivity index (χ4n) is 6.08. The van der Waals surface area contributed by atoms with Crippen LogP contribution in [0.4, 0.5) is 0 Å². The highest BCUT2D eigenvalue weighted by atomic mass is 16.5. The summed E-state index contributed by atoms with van der Waals surface area (Å²) >= 11 is 0. The van der Waals surface area contributed by atoms with E-state index in [9.17, 15) is 19.2 Å². The van der Waals surface area contributed by atoms with Crippen molar-refractivity contribution in [2.75, 3.05) is 20.3 Å². The maximum absolute atomic E-state index is 13.5. The normalized spacial score (nSPS) is 23.1. The van der Waals surface area contributed by atoms with Crippen LogP contribution in [0.2, 0.25) is 0 Å². The number of amides is 2. The van der Waals surface area contributed by atoms with Gasteiger partial charge in [-0.25, -0.2) is 0 Å². The quantitative estimate of drug-likeness (QED) is 0.305. The van der Waals surface area contributed by atoms with Crippen molar-refractivity contribution >= 4 is 23.6 Å². The molecule has 3 aliphatic carbocycles. The van der Waals surface area contributed by atoms with Crippen LogP contribution in [0.1, 0.15) is 44.4 Å². The topological polar surface area (TPSA) is 90.0 Å². The maximum atomic E-state index is 13.5. The van der Waals surface area contributed by atoms with E-state index in [1.807, 2.05) is 48.5 Å². The van der Waals surface area contributed by atoms with E-state index in [0.717, 1.165) is 27.2 Å². The van der Waals surface area contributed by atoms with Crippen LogP contribution in [0, 0.1) is 11.8 Å². The number of carbonyl (C=O) groups excluding carboxylic acids is 4. The highest BCUT2D eigenvalue weighted by Gasteiger charge is 2.61. The van der Waals surface area contributed by atoms with Crippen molar-refractivity contribution in [2.45, 2.75) is 11.8 Å². The molecule has 3 aromatic carbocycles. The molecule has 7 heteroatoms. The Balaban J connectivity index is 1.21. The first-order valence-electron chi connectivity index (χ1n) is 11.9. The number of carbonyl (C=O) groups is 4. The molecule has 2 amide bonds. The van der Waals surface area contributed by atoms with Gasteiger partial charge in [-0.2, -0.15) is 0 Å². The molecule has 0 N–H and O–H groups in total. The smallest absolute Gasteiger partial charge is 0.326 e. The summed E-state index contributed by atoms with van der Waals surface area (Å²) in [6.07, 6.45) is 0. The predicted molar refractivity (Wildman–Crippen MR) is 129 cm³/mol. The second kappa shape index (κ2) is 8.45. The summed E-state index contributed by atoms with van der Waals surface area (Å²) in [5, 5.41) is 0. The first-order chi connectivity index (χ1) is 17.5. The average molecular weight is 482 g/mol. The maximum Gasteiger partial charge on any atom is 0.326 e. The SMILES string of the molecule is COc1ccc(C(=O)COC(=O)CN2C(=O)[C@H]3C4c5ccccc5C(c5ccccc54)[C@@H]3C2=O)cc1. The van der Waals surface area contributed by atoms with Gasteiger partial charge in [0.1, 0.15) is 12.3 Å². The first kappa shape index (κ1) is 22.2. The van der Waals surface area contributed by atoms with E-state index in [1.165, 1.54) is 7.11 Å². The lowest BCUT2D eigenvalue weighted by Crippen LogP contribution is -2.41. The molecule has 2 atom stereocenters. The number of imide groups is 1. The molecule has 1 fully saturated rings. The average Bonchev–Trinajstić information content (AvgIpc) is 3.17. The number of ketones is 1. The monoisotopic (exact) mass is 481 g/mol. The molecule has 1 heterocycles. The Morgan fingerprint density at radius 2 is 1.22 bits per heavy atom. The predicted octanol–water partition coefficient (Wildman–Crippen LogP) is 3.31. The van der Waals surface area contributed by atoms with Gasteiger partial charge in [-0.05, 0) is 46.5 Å². The van der Waals surface area contributed by atoms with Gasteiger partial charge in [-0.3, -0.25) is 24.1 Å². The van der Waals surface area contributed by atoms with Crippen LogP contribution < -0.4 is 4.74 Å². The number of likely N-dealkylation sites (tertiary alicyclic amines) is 1. The van der Waals surface area contributed by atoms with Gasteiger partial charge in [-0.1, -0.05) is 48.5 Å². The number of hydrogen-bond donors (Lipinski definition) is 0. The summed E-state index contributed by atoms with van der Waals surface area (Å²) in [7, 11) is 1.53. The number of hydrogen-bond acceptors (Lipinski definition) is 6. The highest BCUT2D eigenvalue weighted by molar-refractivity contribution is 6.09. The van der Waals surface area contributed by atoms with E-state index in [-0.39, 0.29) is 29.4 Å². The van der Waals surface area contributed by atoms with Crippen molar-refractivity contribution in [3.05, 3.63) is 101 Å². The Hall–Kier alpha value is -4.26. The molecule has 7 nitrogen and oxygen atoms in total. The molecular weight excluding hydrogens is 458 g/mol. The third-order valence-electron chi connectivity index (χ3n) is 7.60. The molecule has 1 saturated heterocycles. The van der Waals surface area contributed by atoms with Gasteiger partial charge in [0, 0.05) is 17.4 Å². The minimum Gasteiger partial charge on any atom is -0.497 e. The third kappa shape index (κ3) is 3.26. The molecule has 0 saturated carbocycles. The van der Waals surface area contributed by atoms with E-state index in [1.54, 1.807) is 24.3 Å². The summed E-state index contributed by atoms with van der Waals surface area (Å²) in [6, 6.07) is 22.4. The van der Waals surface area contributed by atoms with Crippen LogP contribution in [0.25, 0.3) is 0 Å². The zero-order valence-electron chi connectivity index (χ0n) is 19.5. The zero-order chi connectivity index (χ0) is 25.0. The molecule has 1 aliphatic heterocycles. The molecule has 180 valence electrons. The van der Waals surface area contributed by atoms with Crippen LogP contribution in [0.5, 0.6) is 5.75 Å². The van der Waals surface area contributed by atoms with Crippen molar-refractivity contribution in [3.8, 4) is 5.75 Å². The lowest BCUT2D eigenvalue weighted by molar-refractivity contribution is -0.152. The van der Waals surface area contributed by atoms with Crippen LogP contribution in [-0.4, -0.2) is 48.7 Å². The second-order valence-electron chi connectivity index (χ2n) is 9.34. The summed E-state index contributed by atoms with van der Waals surface area (Å²) in [4.78, 5) is 53.1. The van der Waals surface area contributed by atoms with Crippen LogP contribution in [0.3, 0.4) is 0 Å². The van der Waals surface area contributed by atoms with Gasteiger partial charge in [0.15, 0.2) is 12.4 Å². The molecule has 4 aliphatic rings. The fourth-order valence-corrected chi connectivity index (χ4v) is 6.08. The van der Waals surface area contributed by atoms with Crippen molar-refractivity contribution in [2.24, 2.45) is 11.8 Å². The number of ether oxygens (including phenoxy) is 2. The number of Topliss-reactive ketones (excluding diaryl/α,β-unsaturated/α-hetero) is 1. The van der Waals surface area contributed by atoms with Crippen LogP contribution in [0.15, 0.2) is 72.8 Å². The summed E-state index contributed by atoms with van der Waals surface area (Å²) in [5.74, 6) is -2.87. The molecule has 36 heavy (non-hydrogen) atoms. The van der Waals surface area contributed by atoms with Gasteiger partial charge in [0.2, 0.25) is 11.8 Å². The van der Waals surface area contributed by atoms with E-state index in [2.05, 4.69) is 0 Å². The lowest BCUT2D eigenvalue weighted by Gasteiger charge is -2.45. The molecule has 3 aromatic rings. The molecule has 2 bridgehead atoms. The van der Waals surface area contributed by atoms with Gasteiger partial charge in [0.25, 0.3) is 0 Å². The van der Waals surface area contributed by atoms with Gasteiger partial charge in [0.05, 0.1) is 18.9 Å². The van der Waals surface area contributed by atoms with Crippen LogP contribution in [-0.2, 0) is 19.1 Å². The number of methoxy groups -OCH3 is 1. The Labute approximate surface area is 207 Å². The minimum atomic E-state index is -0.792. The summed E-state index contributed by atoms with van der Waals surface area (Å²) in [5.41, 5.74) is 4.64. The largest absolute Gasteiger partial charge is 0.497 e. The van der Waals surface area contributed by atoms with Crippen molar-refractivity contribution in [3.63, 3.8) is 0 Å². The van der Waals surface area contributed by atoms with E-state index >= 15 is 0 Å². The molecule has 0 unspecified atom stereocenters. The summed E-state index contributed by atoms with van der Waals surface area (Å²) in [6.45, 7) is -0.983. The molecule has 0 spiro atoms. The Morgan fingerprint density at radius 1 is 0.750 bits per heavy atom. The molecule has 7 rings (SSSR count). The molecule has 0 radical (unpaired) electrons. The Kier molecular flexibility index (Phi) is 5.21. The van der Waals surface area contributed by atoms with Crippen molar-refractivity contribution < 1.29 is 28.7 Å². The van der Waals surface area contributed by atoms with Crippen molar-refractivity contribution in [1.82, 2.24) is 4.90 Å². The highest BCUT2D eigenvalue weighted by Crippen LogP contribution is 2.60. The Morgan fingerprint density at radius 3 is 1.67 bits per heavy atom. The number of benzene rings is 3. The number of esters is 1. The molecular formula is C29H23NO6. The second-order valence-corrected chi connectivity index (χ2v) is 9.34. The Bertz CT molecular complexity index is 1300. The van der Waals surface area contributed by atoms with E-state index < -0.39 is 31.0 Å². The first-order valence-corrected chi connectivity index (χ1v) is 11.9. The standard InChI is InChI=1S/C29H23NO6/c1-35-17-12-10-16(11-13-17)22(31)15-36-23(32)14-30-28(33)26-24-18-6-2-3-7-19(18)25(27(26)29(30)34)21-9-5-4-8-20(21)24/h2-13,24-27H,14-15H2,1H3/t24?,25?,26-,27-/m0/s1. The minimum absolute atomic E-state index is 0.235. The van der Waals surface area contributed by atoms with Crippen LogP contribution >= 0.6 is 0 Å². The van der Waals surface area contributed by atoms with Crippen molar-refractivity contribution in [1.29, 1.82) is 0 Å². The zero-order valence-corrected chi connectivity index (χ0v) is 19.5. The number of nitrogens with zero attached hydrogens (tertiary/aromatic N) is 1. The molecule has 0 aromatic heterocycles. The van der Waals surface area contributed by atoms with Gasteiger partial charge in [-0.15, -0.1) is 0 Å². The van der Waals surface area contributed by atoms with Gasteiger partial charge >= 0.3 is 5.97 Å². The lowest BCUT2D eigenvalue weighted by atomic mass is 9.55.